The molecule has 0 unspecified atom stereocenters. The molecule has 0 spiro atoms. The van der Waals surface area contributed by atoms with E-state index in [0.29, 0.717) is 18.0 Å². The Morgan fingerprint density at radius 2 is 1.93 bits per heavy atom. The summed E-state index contributed by atoms with van der Waals surface area (Å²) in [5.74, 6) is 0.291. The number of rotatable bonds is 7. The molecular weight excluding hydrogens is 383 g/mol. The fourth-order valence-corrected chi connectivity index (χ4v) is 3.34. The van der Waals surface area contributed by atoms with Crippen LogP contribution in [0.3, 0.4) is 0 Å². The van der Waals surface area contributed by atoms with E-state index >= 15 is 0 Å². The lowest BCUT2D eigenvalue weighted by molar-refractivity contribution is -0.130. The van der Waals surface area contributed by atoms with E-state index in [0.717, 1.165) is 31.5 Å². The largest absolute Gasteiger partial charge is 0.489 e. The van der Waals surface area contributed by atoms with Crippen LogP contribution in [0.5, 0.6) is 5.75 Å². The van der Waals surface area contributed by atoms with Gasteiger partial charge < -0.3 is 20.1 Å². The highest BCUT2D eigenvalue weighted by Crippen LogP contribution is 2.31. The lowest BCUT2D eigenvalue weighted by Gasteiger charge is -2.35. The monoisotopic (exact) mass is 408 g/mol. The number of ether oxygens (including phenoxy) is 2. The summed E-state index contributed by atoms with van der Waals surface area (Å²) in [4.78, 5) is 12.9. The predicted octanol–water partition coefficient (Wildman–Crippen LogP) is 3.78. The molecule has 3 rings (SSSR count). The number of benzene rings is 2. The first kappa shape index (κ1) is 22.1. The quantitative estimate of drug-likeness (QED) is 0.732. The van der Waals surface area contributed by atoms with E-state index in [9.17, 15) is 9.18 Å². The molecule has 0 aliphatic carbocycles. The van der Waals surface area contributed by atoms with E-state index in [1.807, 2.05) is 18.2 Å². The highest BCUT2D eigenvalue weighted by atomic mass is 35.5. The van der Waals surface area contributed by atoms with Gasteiger partial charge in [-0.05, 0) is 55.8 Å². The molecule has 1 aliphatic heterocycles. The number of piperidine rings is 1. The third-order valence-electron chi connectivity index (χ3n) is 4.85. The Hall–Kier alpha value is -2.15. The van der Waals surface area contributed by atoms with Crippen LogP contribution in [0.2, 0.25) is 0 Å². The van der Waals surface area contributed by atoms with Crippen LogP contribution in [-0.4, -0.2) is 32.7 Å². The molecular formula is C21H26ClFN2O3. The number of nitrogens with one attached hydrogen (secondary N) is 2. The third-order valence-corrected chi connectivity index (χ3v) is 4.85. The van der Waals surface area contributed by atoms with Gasteiger partial charge in [-0.15, -0.1) is 12.4 Å². The molecule has 152 valence electrons. The van der Waals surface area contributed by atoms with Gasteiger partial charge in [-0.25, -0.2) is 4.39 Å². The molecule has 5 nitrogen and oxygen atoms in total. The number of hydrogen-bond donors (Lipinski definition) is 2. The van der Waals surface area contributed by atoms with Crippen LogP contribution in [0.4, 0.5) is 10.1 Å². The third kappa shape index (κ3) is 5.67. The molecule has 2 aromatic rings. The van der Waals surface area contributed by atoms with Crippen LogP contribution in [-0.2, 0) is 16.1 Å². The van der Waals surface area contributed by atoms with Crippen LogP contribution in [0.15, 0.2) is 48.5 Å². The Balaban J connectivity index is 0.00000280. The van der Waals surface area contributed by atoms with Crippen LogP contribution in [0, 0.1) is 11.2 Å². The molecule has 0 saturated carbocycles. The number of carbonyl (C=O) groups is 1. The van der Waals surface area contributed by atoms with Crippen molar-refractivity contribution in [2.45, 2.75) is 19.4 Å². The minimum absolute atomic E-state index is 0. The number of halogens is 2. The summed E-state index contributed by atoms with van der Waals surface area (Å²) in [6, 6.07) is 13.5. The van der Waals surface area contributed by atoms with Crippen molar-refractivity contribution in [1.82, 2.24) is 5.32 Å². The zero-order chi connectivity index (χ0) is 19.1. The Bertz CT molecular complexity index is 776. The summed E-state index contributed by atoms with van der Waals surface area (Å²) >= 11 is 0. The number of hydrogen-bond acceptors (Lipinski definition) is 4. The Labute approximate surface area is 171 Å². The minimum atomic E-state index is -0.515. The van der Waals surface area contributed by atoms with Gasteiger partial charge in [-0.3, -0.25) is 4.79 Å². The zero-order valence-electron chi connectivity index (χ0n) is 15.9. The van der Waals surface area contributed by atoms with Crippen molar-refractivity contribution in [2.75, 3.05) is 32.1 Å². The van der Waals surface area contributed by atoms with Gasteiger partial charge in [0.25, 0.3) is 0 Å². The van der Waals surface area contributed by atoms with Crippen LogP contribution in [0.1, 0.15) is 18.4 Å². The summed E-state index contributed by atoms with van der Waals surface area (Å²) < 4.78 is 24.3. The Kier molecular flexibility index (Phi) is 8.23. The molecule has 2 aromatic carbocycles. The van der Waals surface area contributed by atoms with E-state index in [4.69, 9.17) is 9.47 Å². The molecule has 1 amide bonds. The molecule has 7 heteroatoms. The normalized spacial score (nSPS) is 15.4. The fourth-order valence-electron chi connectivity index (χ4n) is 3.34. The van der Waals surface area contributed by atoms with Crippen molar-refractivity contribution in [3.8, 4) is 5.75 Å². The highest BCUT2D eigenvalue weighted by Gasteiger charge is 2.39. The topological polar surface area (TPSA) is 59.6 Å². The highest BCUT2D eigenvalue weighted by molar-refractivity contribution is 5.95. The van der Waals surface area contributed by atoms with Crippen molar-refractivity contribution >= 4 is 24.0 Å². The second-order valence-corrected chi connectivity index (χ2v) is 6.86. The van der Waals surface area contributed by atoms with Gasteiger partial charge in [0, 0.05) is 18.9 Å². The van der Waals surface area contributed by atoms with Crippen molar-refractivity contribution < 1.29 is 18.7 Å². The van der Waals surface area contributed by atoms with Gasteiger partial charge in [0.1, 0.15) is 18.2 Å². The molecule has 28 heavy (non-hydrogen) atoms. The first-order chi connectivity index (χ1) is 13.1. The van der Waals surface area contributed by atoms with E-state index in [1.54, 1.807) is 25.3 Å². The van der Waals surface area contributed by atoms with Gasteiger partial charge in [0.2, 0.25) is 5.91 Å². The molecule has 1 heterocycles. The van der Waals surface area contributed by atoms with Crippen LogP contribution >= 0.6 is 12.4 Å². The summed E-state index contributed by atoms with van der Waals surface area (Å²) in [6.07, 6.45) is 1.48. The summed E-state index contributed by atoms with van der Waals surface area (Å²) in [7, 11) is 1.62. The second-order valence-electron chi connectivity index (χ2n) is 6.86. The van der Waals surface area contributed by atoms with Crippen molar-refractivity contribution in [3.63, 3.8) is 0 Å². The average molecular weight is 409 g/mol. The molecule has 0 bridgehead atoms. The SMILES string of the molecule is COCC1(C(=O)Nc2cccc(OCc3cccc(F)c3)c2)CCNCC1.Cl. The number of methoxy groups -OCH3 is 1. The average Bonchev–Trinajstić information content (AvgIpc) is 2.68. The molecule has 1 aliphatic rings. The predicted molar refractivity (Wildman–Crippen MR) is 109 cm³/mol. The van der Waals surface area contributed by atoms with Gasteiger partial charge >= 0.3 is 0 Å². The summed E-state index contributed by atoms with van der Waals surface area (Å²) in [5, 5.41) is 6.28. The van der Waals surface area contributed by atoms with Gasteiger partial charge in [-0.1, -0.05) is 18.2 Å². The lowest BCUT2D eigenvalue weighted by Crippen LogP contribution is -2.47. The molecule has 0 radical (unpaired) electrons. The summed E-state index contributed by atoms with van der Waals surface area (Å²) in [6.45, 7) is 2.26. The number of carbonyl (C=O) groups excluding carboxylic acids is 1. The standard InChI is InChI=1S/C21H25FN2O3.ClH/c1-26-15-21(8-10-23-11-9-21)20(25)24-18-6-3-7-19(13-18)27-14-16-4-2-5-17(22)12-16;/h2-7,12-13,23H,8-11,14-15H2,1H3,(H,24,25);1H. The van der Waals surface area contributed by atoms with Crippen molar-refractivity contribution in [3.05, 3.63) is 59.9 Å². The van der Waals surface area contributed by atoms with Gasteiger partial charge in [-0.2, -0.15) is 0 Å². The molecule has 1 fully saturated rings. The van der Waals surface area contributed by atoms with Crippen LogP contribution < -0.4 is 15.4 Å². The van der Waals surface area contributed by atoms with Gasteiger partial charge in [0.05, 0.1) is 12.0 Å². The zero-order valence-corrected chi connectivity index (χ0v) is 16.7. The van der Waals surface area contributed by atoms with E-state index in [-0.39, 0.29) is 30.7 Å². The molecule has 0 aromatic heterocycles. The first-order valence-corrected chi connectivity index (χ1v) is 9.10. The van der Waals surface area contributed by atoms with E-state index < -0.39 is 5.41 Å². The second kappa shape index (κ2) is 10.4. The Morgan fingerprint density at radius 1 is 1.18 bits per heavy atom. The first-order valence-electron chi connectivity index (χ1n) is 9.10. The van der Waals surface area contributed by atoms with Crippen LogP contribution in [0.25, 0.3) is 0 Å². The summed E-state index contributed by atoms with van der Waals surface area (Å²) in [5.41, 5.74) is 0.905. The molecule has 0 atom stereocenters. The molecule has 1 saturated heterocycles. The lowest BCUT2D eigenvalue weighted by atomic mass is 9.78. The smallest absolute Gasteiger partial charge is 0.233 e. The minimum Gasteiger partial charge on any atom is -0.489 e. The fraction of sp³-hybridized carbons (Fsp3) is 0.381. The maximum Gasteiger partial charge on any atom is 0.233 e. The maximum atomic E-state index is 13.3. The van der Waals surface area contributed by atoms with E-state index in [2.05, 4.69) is 10.6 Å². The maximum absolute atomic E-state index is 13.3. The number of amides is 1. The van der Waals surface area contributed by atoms with Crippen molar-refractivity contribution in [1.29, 1.82) is 0 Å². The molecule has 2 N–H and O–H groups in total. The Morgan fingerprint density at radius 3 is 2.64 bits per heavy atom. The number of anilines is 1. The van der Waals surface area contributed by atoms with E-state index in [1.165, 1.54) is 12.1 Å². The van der Waals surface area contributed by atoms with Gasteiger partial charge in [0.15, 0.2) is 0 Å². The van der Waals surface area contributed by atoms with Crippen molar-refractivity contribution in [2.24, 2.45) is 5.41 Å².